The van der Waals surface area contributed by atoms with E-state index < -0.39 is 0 Å². The molecule has 0 spiro atoms. The first-order valence-corrected chi connectivity index (χ1v) is 6.08. The molecule has 0 radical (unpaired) electrons. The molecular weight excluding hydrogens is 267 g/mol. The van der Waals surface area contributed by atoms with Crippen LogP contribution >= 0.6 is 11.6 Å². The summed E-state index contributed by atoms with van der Waals surface area (Å²) in [6, 6.07) is 5.57. The zero-order chi connectivity index (χ0) is 10.1. The number of hydrogen-bond donors (Lipinski definition) is 1. The number of carbonyl (C=O) groups excluding carboxylic acids is 1. The van der Waals surface area contributed by atoms with Crippen molar-refractivity contribution < 1.29 is 4.79 Å². The van der Waals surface area contributed by atoms with Gasteiger partial charge in [-0.15, -0.1) is 0 Å². The molecule has 0 saturated carbocycles. The van der Waals surface area contributed by atoms with Gasteiger partial charge < -0.3 is 0 Å². The number of aromatic nitrogens is 1. The maximum atomic E-state index is 10.8. The molecule has 0 aliphatic heterocycles. The average Bonchev–Trinajstić information content (AvgIpc) is 2.44. The molecule has 2 rings (SSSR count). The van der Waals surface area contributed by atoms with Crippen molar-refractivity contribution >= 4 is 46.5 Å². The number of amides is 1. The van der Waals surface area contributed by atoms with Crippen LogP contribution in [0.2, 0.25) is 5.02 Å². The standard InChI is InChI=1S/C9H7ClN2OSe/c1-5(13)11-9-12-7-3-2-6(10)4-8(7)14-9/h2-4H,1H3,(H,11,12,13). The van der Waals surface area contributed by atoms with Gasteiger partial charge in [0.25, 0.3) is 0 Å². The van der Waals surface area contributed by atoms with Crippen LogP contribution in [0.5, 0.6) is 0 Å². The number of fused-ring (bicyclic) bond motifs is 1. The molecule has 1 aromatic carbocycles. The molecule has 0 fully saturated rings. The molecule has 2 aromatic rings. The van der Waals surface area contributed by atoms with Gasteiger partial charge in [-0.3, -0.25) is 0 Å². The first-order chi connectivity index (χ1) is 6.65. The number of nitrogens with one attached hydrogen (secondary N) is 1. The Kier molecular flexibility index (Phi) is 2.59. The molecule has 72 valence electrons. The van der Waals surface area contributed by atoms with Crippen LogP contribution in [0, 0.1) is 0 Å². The first kappa shape index (κ1) is 9.71. The van der Waals surface area contributed by atoms with Crippen molar-refractivity contribution in [1.29, 1.82) is 0 Å². The van der Waals surface area contributed by atoms with Gasteiger partial charge in [-0.2, -0.15) is 0 Å². The van der Waals surface area contributed by atoms with E-state index in [0.717, 1.165) is 14.5 Å². The van der Waals surface area contributed by atoms with E-state index in [1.807, 2.05) is 12.1 Å². The fourth-order valence-electron chi connectivity index (χ4n) is 1.10. The second-order valence-corrected chi connectivity index (χ2v) is 5.41. The van der Waals surface area contributed by atoms with Crippen molar-refractivity contribution in [3.63, 3.8) is 0 Å². The van der Waals surface area contributed by atoms with Crippen LogP contribution in [0.15, 0.2) is 18.2 Å². The third kappa shape index (κ3) is 1.98. The predicted molar refractivity (Wildman–Crippen MR) is 58.0 cm³/mol. The second-order valence-electron chi connectivity index (χ2n) is 2.81. The SMILES string of the molecule is CC(=O)Nc1nc2ccc(Cl)cc2[se]1. The third-order valence-corrected chi connectivity index (χ3v) is 3.83. The summed E-state index contributed by atoms with van der Waals surface area (Å²) in [6.07, 6.45) is 0. The Morgan fingerprint density at radius 2 is 2.36 bits per heavy atom. The van der Waals surface area contributed by atoms with E-state index in [2.05, 4.69) is 10.3 Å². The van der Waals surface area contributed by atoms with E-state index >= 15 is 0 Å². The topological polar surface area (TPSA) is 42.0 Å². The summed E-state index contributed by atoms with van der Waals surface area (Å²) in [5.74, 6) is -0.0791. The van der Waals surface area contributed by atoms with Gasteiger partial charge in [0.15, 0.2) is 0 Å². The second kappa shape index (κ2) is 3.73. The number of nitrogens with zero attached hydrogens (tertiary/aromatic N) is 1. The van der Waals surface area contributed by atoms with E-state index in [1.54, 1.807) is 6.07 Å². The number of rotatable bonds is 1. The molecule has 3 nitrogen and oxygen atoms in total. The van der Waals surface area contributed by atoms with Gasteiger partial charge in [0.1, 0.15) is 0 Å². The Morgan fingerprint density at radius 3 is 3.07 bits per heavy atom. The molecule has 0 aliphatic rings. The normalized spacial score (nSPS) is 10.4. The fraction of sp³-hybridized carbons (Fsp3) is 0.111. The minimum absolute atomic E-state index is 0.0753. The van der Waals surface area contributed by atoms with Crippen LogP contribution in [-0.4, -0.2) is 25.4 Å². The Bertz CT molecular complexity index is 495. The zero-order valence-corrected chi connectivity index (χ0v) is 9.84. The third-order valence-electron chi connectivity index (χ3n) is 1.63. The van der Waals surface area contributed by atoms with E-state index in [1.165, 1.54) is 6.92 Å². The molecule has 1 heterocycles. The molecule has 1 aromatic heterocycles. The molecule has 5 heteroatoms. The maximum absolute atomic E-state index is 10.8. The molecule has 1 amide bonds. The van der Waals surface area contributed by atoms with E-state index in [0.29, 0.717) is 5.02 Å². The van der Waals surface area contributed by atoms with E-state index in [-0.39, 0.29) is 20.4 Å². The average molecular weight is 274 g/mol. The summed E-state index contributed by atoms with van der Waals surface area (Å²) in [4.78, 5) is 15.1. The number of carbonyl (C=O) groups is 1. The van der Waals surface area contributed by atoms with Crippen molar-refractivity contribution in [2.24, 2.45) is 0 Å². The van der Waals surface area contributed by atoms with Gasteiger partial charge >= 0.3 is 91.7 Å². The van der Waals surface area contributed by atoms with Crippen molar-refractivity contribution in [3.05, 3.63) is 23.2 Å². The van der Waals surface area contributed by atoms with Crippen molar-refractivity contribution in [1.82, 2.24) is 4.98 Å². The molecule has 0 bridgehead atoms. The monoisotopic (exact) mass is 274 g/mol. The Balaban J connectivity index is 2.46. The van der Waals surface area contributed by atoms with Crippen LogP contribution < -0.4 is 5.32 Å². The van der Waals surface area contributed by atoms with Crippen LogP contribution in [0.1, 0.15) is 6.92 Å². The molecule has 1 N–H and O–H groups in total. The molecular formula is C9H7ClN2OSe. The van der Waals surface area contributed by atoms with Crippen molar-refractivity contribution in [2.45, 2.75) is 6.92 Å². The summed E-state index contributed by atoms with van der Waals surface area (Å²) in [5.41, 5.74) is 0.915. The summed E-state index contributed by atoms with van der Waals surface area (Å²) < 4.78 is 1.87. The van der Waals surface area contributed by atoms with E-state index in [4.69, 9.17) is 11.6 Å². The summed E-state index contributed by atoms with van der Waals surface area (Å²) in [5, 5.41) is 3.42. The van der Waals surface area contributed by atoms with Gasteiger partial charge in [0.05, 0.1) is 0 Å². The predicted octanol–water partition coefficient (Wildman–Crippen LogP) is 1.90. The fourth-order valence-corrected chi connectivity index (χ4v) is 3.42. The molecule has 0 saturated heterocycles. The minimum atomic E-state index is -0.0791. The zero-order valence-electron chi connectivity index (χ0n) is 7.37. The quantitative estimate of drug-likeness (QED) is 0.807. The number of anilines is 1. The summed E-state index contributed by atoms with van der Waals surface area (Å²) >= 11 is 5.92. The van der Waals surface area contributed by atoms with Crippen LogP contribution in [0.25, 0.3) is 9.78 Å². The summed E-state index contributed by atoms with van der Waals surface area (Å²) in [7, 11) is 0. The van der Waals surface area contributed by atoms with Gasteiger partial charge in [0, 0.05) is 0 Å². The first-order valence-electron chi connectivity index (χ1n) is 3.99. The Morgan fingerprint density at radius 1 is 1.57 bits per heavy atom. The number of hydrogen-bond acceptors (Lipinski definition) is 2. The van der Waals surface area contributed by atoms with Crippen molar-refractivity contribution in [2.75, 3.05) is 5.32 Å². The molecule has 14 heavy (non-hydrogen) atoms. The van der Waals surface area contributed by atoms with Gasteiger partial charge in [0.2, 0.25) is 0 Å². The van der Waals surface area contributed by atoms with Crippen LogP contribution in [0.4, 0.5) is 4.69 Å². The summed E-state index contributed by atoms with van der Waals surface area (Å²) in [6.45, 7) is 1.48. The molecule has 0 aliphatic carbocycles. The molecule has 0 unspecified atom stereocenters. The van der Waals surface area contributed by atoms with Crippen LogP contribution in [-0.2, 0) is 4.79 Å². The van der Waals surface area contributed by atoms with Gasteiger partial charge in [-0.05, 0) is 0 Å². The van der Waals surface area contributed by atoms with E-state index in [9.17, 15) is 4.79 Å². The number of benzene rings is 1. The van der Waals surface area contributed by atoms with Crippen molar-refractivity contribution in [3.8, 4) is 0 Å². The van der Waals surface area contributed by atoms with Gasteiger partial charge in [-0.1, -0.05) is 0 Å². The van der Waals surface area contributed by atoms with Gasteiger partial charge in [-0.25, -0.2) is 0 Å². The Labute approximate surface area is 91.8 Å². The Hall–Kier alpha value is -0.831. The number of halogens is 1. The van der Waals surface area contributed by atoms with Crippen LogP contribution in [0.3, 0.4) is 0 Å². The molecule has 0 atom stereocenters.